The molecule has 23 rings (SSSR count). The van der Waals surface area contributed by atoms with Crippen molar-refractivity contribution in [3.63, 3.8) is 0 Å². The number of benzene rings is 13. The highest BCUT2D eigenvalue weighted by atomic mass is 19.1. The van der Waals surface area contributed by atoms with Gasteiger partial charge in [-0.1, -0.05) is 79.7 Å². The molecule has 0 saturated heterocycles. The molecule has 0 radical (unpaired) electrons. The van der Waals surface area contributed by atoms with E-state index in [1.807, 2.05) is 117 Å². The highest BCUT2D eigenvalue weighted by molar-refractivity contribution is 6.12. The number of nitrogen functional groups attached to an aromatic ring is 1. The Morgan fingerprint density at radius 3 is 1.09 bits per heavy atom. The molecular formula is C110H87F6N11O22. The van der Waals surface area contributed by atoms with E-state index in [1.54, 1.807) is 48.1 Å². The number of hydrogen-bond acceptors (Lipinski definition) is 28. The first-order chi connectivity index (χ1) is 72.4. The molecule has 5 aliphatic heterocycles. The first-order valence-electron chi connectivity index (χ1n) is 46.3. The van der Waals surface area contributed by atoms with Gasteiger partial charge in [0.25, 0.3) is 0 Å². The third-order valence-electron chi connectivity index (χ3n) is 25.8. The summed E-state index contributed by atoms with van der Waals surface area (Å²) < 4.78 is 150. The van der Waals surface area contributed by atoms with E-state index in [0.29, 0.717) is 146 Å². The summed E-state index contributed by atoms with van der Waals surface area (Å²) in [6, 6.07) is 60.0. The summed E-state index contributed by atoms with van der Waals surface area (Å²) in [5.74, 6) is -1.22. The summed E-state index contributed by atoms with van der Waals surface area (Å²) in [5.41, 5.74) is 20.3. The third-order valence-corrected chi connectivity index (χ3v) is 25.8. The minimum atomic E-state index is -0.491. The van der Waals surface area contributed by atoms with E-state index in [9.17, 15) is 81.2 Å². The molecule has 10 heterocycles. The number of aromatic nitrogens is 5. The van der Waals surface area contributed by atoms with Crippen molar-refractivity contribution >= 4 is 100 Å². The SMILES string of the molecule is C/C=C/c1cccc2c1c(N=O)c(O)n2Cc1cc(F)cc2c1OCOC2.CCc1cccc2c1c(N=O)c(O)n2Cc1cc(F)cc2c1OCOC2.COc1ccc(-c2ccc3c(N=O)c(O)n(Cc4cc(F)cc5c4OCOC5)c3c2)cc1.Nc1cccc(-c2ccc3c(N=O)c(O)n(Cc4cc(F)cc5c4OCOC5)c3c2)c1.O=Nc1c(O)n(Cc2cc(F)cc3c2OCOC3)c2ccc(C(=O)c3ccc(F)cc3)cc12. The topological polar surface area (TPSA) is 418 Å². The number of nitrogens with zero attached hydrogens (tertiary/aromatic N) is 10. The Bertz CT molecular complexity index is 8390. The van der Waals surface area contributed by atoms with Crippen molar-refractivity contribution in [1.82, 2.24) is 22.8 Å². The zero-order chi connectivity index (χ0) is 104. The molecular weight excluding hydrogens is 1940 g/mol. The first-order valence-corrected chi connectivity index (χ1v) is 46.3. The van der Waals surface area contributed by atoms with Crippen LogP contribution in [0.15, 0.2) is 256 Å². The van der Waals surface area contributed by atoms with E-state index in [0.717, 1.165) is 39.1 Å². The standard InChI is InChI=1S/C24H16F2N2O5.C24H19FN2O5.C23H18FN3O4.C20H17FN2O4.C19H17FN2O4/c25-17-4-1-13(2-5-17)22(29)14-3-6-20-19(9-14)21(27-31)24(30)28(20)10-15-7-18(26)8-16-11-32-12-33-23(15)16;1-30-19-5-2-14(3-6-19)15-4-7-20-21(10-15)27(24(28)22(20)26-29)11-16-8-18(25)9-17-12-31-13-32-23(16)17;24-17-6-15(22-16(7-17)11-30-12-31-22)10-27-20-9-14(13-2-1-3-18(25)8-13)4-5-19(20)21(26-29)23(27)28;1-2-4-12-5-3-6-16-17(12)18(22-25)20(24)23(16)9-13-7-15(21)8-14-10-26-11-27-19(13)14;1-2-11-4-3-5-15-16(11)17(21-24)19(23)22(15)8-12-6-14(20)7-13-9-25-10-26-18(12)13/h1-9,30H,10-12H2;2-10,28H,11-13H2,1H3;1-9,28H,10-12,25H2;2-8,24H,9-11H2,1H3;3-7,23H,2,8-10H2,1H3/b;;;4-2+;. The molecule has 5 aliphatic rings. The molecule has 13 aromatic carbocycles. The lowest BCUT2D eigenvalue weighted by Gasteiger charge is -2.21. The number of nitroso groups, excluding NO2 is 5. The van der Waals surface area contributed by atoms with Crippen LogP contribution in [-0.2, 0) is 95.9 Å². The molecule has 0 amide bonds. The Morgan fingerprint density at radius 2 is 0.698 bits per heavy atom. The van der Waals surface area contributed by atoms with Crippen molar-refractivity contribution in [3.05, 3.63) is 368 Å². The Labute approximate surface area is 840 Å². The minimum absolute atomic E-state index is 0.00646. The van der Waals surface area contributed by atoms with E-state index in [-0.39, 0.29) is 174 Å². The summed E-state index contributed by atoms with van der Waals surface area (Å²) in [4.78, 5) is 70.0. The smallest absolute Gasteiger partial charge is 0.222 e. The van der Waals surface area contributed by atoms with Crippen LogP contribution in [0.2, 0.25) is 0 Å². The van der Waals surface area contributed by atoms with Gasteiger partial charge < -0.3 is 106 Å². The number of carbonyl (C=O) groups is 1. The lowest BCUT2D eigenvalue weighted by molar-refractivity contribution is -0.0174. The van der Waals surface area contributed by atoms with Crippen LogP contribution in [0.4, 0.5) is 60.5 Å². The summed E-state index contributed by atoms with van der Waals surface area (Å²) in [6.07, 6.45) is 4.37. The molecule has 0 bridgehead atoms. The zero-order valence-corrected chi connectivity index (χ0v) is 79.3. The fourth-order valence-corrected chi connectivity index (χ4v) is 19.1. The van der Waals surface area contributed by atoms with Crippen LogP contribution in [0.3, 0.4) is 0 Å². The molecule has 149 heavy (non-hydrogen) atoms. The zero-order valence-electron chi connectivity index (χ0n) is 79.3. The van der Waals surface area contributed by atoms with Crippen LogP contribution in [-0.4, -0.2) is 95.2 Å². The number of halogens is 6. The van der Waals surface area contributed by atoms with Gasteiger partial charge in [0.1, 0.15) is 69.4 Å². The number of ketones is 1. The van der Waals surface area contributed by atoms with Crippen LogP contribution >= 0.6 is 0 Å². The average Bonchev–Trinajstić information content (AvgIpc) is 1.57. The summed E-state index contributed by atoms with van der Waals surface area (Å²) in [7, 11) is 1.60. The number of anilines is 1. The first kappa shape index (κ1) is 99.7. The van der Waals surface area contributed by atoms with Crippen LogP contribution in [0.1, 0.15) is 96.5 Å². The van der Waals surface area contributed by atoms with Gasteiger partial charge in [-0.15, -0.1) is 24.5 Å². The summed E-state index contributed by atoms with van der Waals surface area (Å²) >= 11 is 0. The second-order valence-corrected chi connectivity index (χ2v) is 34.9. The molecule has 0 fully saturated rings. The lowest BCUT2D eigenvalue weighted by atomic mass is 10.0. The fraction of sp³-hybridized carbons (Fsp3) is 0.173. The number of methoxy groups -OCH3 is 1. The predicted molar refractivity (Wildman–Crippen MR) is 540 cm³/mol. The summed E-state index contributed by atoms with van der Waals surface area (Å²) in [6.45, 7) is 5.74. The number of carbonyl (C=O) groups excluding carboxylic acids is 1. The maximum absolute atomic E-state index is 14.2. The average molecular weight is 2030 g/mol. The highest BCUT2D eigenvalue weighted by Gasteiger charge is 2.32. The van der Waals surface area contributed by atoms with Crippen molar-refractivity contribution in [1.29, 1.82) is 0 Å². The van der Waals surface area contributed by atoms with Crippen LogP contribution in [0.25, 0.3) is 82.8 Å². The van der Waals surface area contributed by atoms with Crippen LogP contribution < -0.4 is 34.2 Å². The van der Waals surface area contributed by atoms with E-state index < -0.39 is 40.8 Å². The molecule has 0 unspecified atom stereocenters. The molecule has 39 heteroatoms. The van der Waals surface area contributed by atoms with Gasteiger partial charge in [0.15, 0.2) is 68.2 Å². The normalized spacial score (nSPS) is 13.2. The molecule has 5 aromatic heterocycles. The minimum Gasteiger partial charge on any atom is -0.497 e. The Morgan fingerprint density at radius 1 is 0.349 bits per heavy atom. The second kappa shape index (κ2) is 43.1. The van der Waals surface area contributed by atoms with Crippen molar-refractivity contribution in [2.75, 3.05) is 46.8 Å². The van der Waals surface area contributed by atoms with Gasteiger partial charge in [-0.2, -0.15) is 0 Å². The van der Waals surface area contributed by atoms with E-state index in [4.69, 9.17) is 57.8 Å². The third kappa shape index (κ3) is 19.9. The molecule has 0 atom stereocenters. The van der Waals surface area contributed by atoms with Gasteiger partial charge in [-0.05, 0) is 236 Å². The summed E-state index contributed by atoms with van der Waals surface area (Å²) in [5, 5.41) is 70.9. The van der Waals surface area contributed by atoms with Crippen LogP contribution in [0.5, 0.6) is 63.9 Å². The number of allylic oxidation sites excluding steroid dienone is 1. The monoisotopic (exact) mass is 2030 g/mol. The van der Waals surface area contributed by atoms with E-state index in [1.165, 1.54) is 115 Å². The predicted octanol–water partition coefficient (Wildman–Crippen LogP) is 24.9. The van der Waals surface area contributed by atoms with Gasteiger partial charge in [0.2, 0.25) is 29.4 Å². The van der Waals surface area contributed by atoms with Gasteiger partial charge in [-0.25, -0.2) is 26.3 Å². The Hall–Kier alpha value is -18.1. The number of fused-ring (bicyclic) bond motifs is 10. The Kier molecular flexibility index (Phi) is 28.8. The van der Waals surface area contributed by atoms with Gasteiger partial charge in [0, 0.05) is 99.4 Å². The molecule has 0 spiro atoms. The lowest BCUT2D eigenvalue weighted by Crippen LogP contribution is -2.14. The number of aromatic hydroxyl groups is 5. The number of nitrogens with two attached hydrogens (primary N) is 1. The maximum Gasteiger partial charge on any atom is 0.222 e. The van der Waals surface area contributed by atoms with Gasteiger partial charge >= 0.3 is 0 Å². The molecule has 33 nitrogen and oxygen atoms in total. The van der Waals surface area contributed by atoms with Gasteiger partial charge in [0.05, 0.1) is 100 Å². The fourth-order valence-electron chi connectivity index (χ4n) is 19.1. The van der Waals surface area contributed by atoms with Gasteiger partial charge in [-0.3, -0.25) is 4.79 Å². The quantitative estimate of drug-likeness (QED) is 0.0159. The van der Waals surface area contributed by atoms with Crippen molar-refractivity contribution in [3.8, 4) is 86.2 Å². The Balaban J connectivity index is 0.000000117. The van der Waals surface area contributed by atoms with E-state index in [2.05, 4.69) is 25.9 Å². The van der Waals surface area contributed by atoms with E-state index >= 15 is 0 Å². The number of hydrogen-bond donors (Lipinski definition) is 6. The molecule has 18 aromatic rings. The second-order valence-electron chi connectivity index (χ2n) is 34.9. The number of aryl methyl sites for hydroxylation is 1. The molecule has 7 N–H and O–H groups in total. The molecule has 756 valence electrons. The highest BCUT2D eigenvalue weighted by Crippen LogP contribution is 2.50. The number of ether oxygens (including phenoxy) is 11. The number of rotatable bonds is 22. The maximum atomic E-state index is 14.2. The van der Waals surface area contributed by atoms with Crippen molar-refractivity contribution < 1.29 is 109 Å². The molecule has 0 aliphatic carbocycles. The van der Waals surface area contributed by atoms with Crippen molar-refractivity contribution in [2.45, 2.75) is 86.0 Å². The largest absolute Gasteiger partial charge is 0.497 e. The van der Waals surface area contributed by atoms with Crippen molar-refractivity contribution in [2.24, 2.45) is 25.9 Å². The molecule has 0 saturated carbocycles. The van der Waals surface area contributed by atoms with Crippen LogP contribution in [0, 0.1) is 59.4 Å².